The van der Waals surface area contributed by atoms with E-state index in [1.54, 1.807) is 12.4 Å². The topological polar surface area (TPSA) is 59.1 Å². The van der Waals surface area contributed by atoms with Gasteiger partial charge in [0.15, 0.2) is 0 Å². The second kappa shape index (κ2) is 4.29. The number of nitrogens with zero attached hydrogens (tertiary/aromatic N) is 1. The first-order chi connectivity index (χ1) is 7.18. The van der Waals surface area contributed by atoms with E-state index < -0.39 is 5.60 Å². The number of hydrogen-bond donors (Lipinski definition) is 2. The van der Waals surface area contributed by atoms with E-state index in [2.05, 4.69) is 4.98 Å². The molecule has 0 aliphatic heterocycles. The number of pyridine rings is 1. The smallest absolute Gasteiger partial charge is 0.0702 e. The molecular weight excluding hydrogens is 188 g/mol. The number of aromatic nitrogens is 1. The van der Waals surface area contributed by atoms with Crippen LogP contribution in [0, 0.1) is 0 Å². The SMILES string of the molecule is NC1CCCC(O)(Cc2ccncc2)C1. The van der Waals surface area contributed by atoms with Gasteiger partial charge in [0.1, 0.15) is 0 Å². The second-order valence-electron chi connectivity index (χ2n) is 4.61. The fourth-order valence-corrected chi connectivity index (χ4v) is 2.43. The molecule has 1 aromatic heterocycles. The summed E-state index contributed by atoms with van der Waals surface area (Å²) in [6.07, 6.45) is 7.88. The third-order valence-corrected chi connectivity index (χ3v) is 3.14. The van der Waals surface area contributed by atoms with Crippen molar-refractivity contribution in [3.63, 3.8) is 0 Å². The molecule has 15 heavy (non-hydrogen) atoms. The van der Waals surface area contributed by atoms with Gasteiger partial charge in [-0.2, -0.15) is 0 Å². The van der Waals surface area contributed by atoms with E-state index in [9.17, 15) is 5.11 Å². The van der Waals surface area contributed by atoms with Gasteiger partial charge >= 0.3 is 0 Å². The monoisotopic (exact) mass is 206 g/mol. The Balaban J connectivity index is 2.04. The van der Waals surface area contributed by atoms with Crippen molar-refractivity contribution in [3.05, 3.63) is 30.1 Å². The lowest BCUT2D eigenvalue weighted by atomic mass is 9.78. The maximum Gasteiger partial charge on any atom is 0.0702 e. The van der Waals surface area contributed by atoms with Gasteiger partial charge in [-0.1, -0.05) is 0 Å². The third-order valence-electron chi connectivity index (χ3n) is 3.14. The highest BCUT2D eigenvalue weighted by molar-refractivity contribution is 5.13. The molecule has 0 bridgehead atoms. The van der Waals surface area contributed by atoms with Crippen molar-refractivity contribution in [2.24, 2.45) is 5.73 Å². The summed E-state index contributed by atoms with van der Waals surface area (Å²) in [7, 11) is 0. The molecule has 0 saturated heterocycles. The Morgan fingerprint density at radius 3 is 2.87 bits per heavy atom. The highest BCUT2D eigenvalue weighted by Gasteiger charge is 2.32. The molecule has 1 aliphatic rings. The van der Waals surface area contributed by atoms with E-state index in [1.807, 2.05) is 12.1 Å². The molecular formula is C12H18N2O. The van der Waals surface area contributed by atoms with Gasteiger partial charge in [0.05, 0.1) is 5.60 Å². The summed E-state index contributed by atoms with van der Waals surface area (Å²) in [5, 5.41) is 10.4. The van der Waals surface area contributed by atoms with E-state index in [0.29, 0.717) is 6.42 Å². The molecule has 1 aliphatic carbocycles. The number of nitrogens with two attached hydrogens (primary N) is 1. The van der Waals surface area contributed by atoms with Crippen molar-refractivity contribution >= 4 is 0 Å². The molecule has 1 heterocycles. The van der Waals surface area contributed by atoms with Gasteiger partial charge in [-0.15, -0.1) is 0 Å². The summed E-state index contributed by atoms with van der Waals surface area (Å²) in [4.78, 5) is 3.97. The van der Waals surface area contributed by atoms with E-state index in [0.717, 1.165) is 31.2 Å². The van der Waals surface area contributed by atoms with Crippen molar-refractivity contribution in [3.8, 4) is 0 Å². The highest BCUT2D eigenvalue weighted by Crippen LogP contribution is 2.30. The molecule has 0 aromatic carbocycles. The number of aliphatic hydroxyl groups is 1. The summed E-state index contributed by atoms with van der Waals surface area (Å²) in [6.45, 7) is 0. The van der Waals surface area contributed by atoms with Crippen molar-refractivity contribution in [2.75, 3.05) is 0 Å². The van der Waals surface area contributed by atoms with Gasteiger partial charge < -0.3 is 10.8 Å². The third kappa shape index (κ3) is 2.76. The molecule has 0 amide bonds. The van der Waals surface area contributed by atoms with Crippen LogP contribution in [0.2, 0.25) is 0 Å². The van der Waals surface area contributed by atoms with Crippen LogP contribution in [0.25, 0.3) is 0 Å². The standard InChI is InChI=1S/C12H18N2O/c13-11-2-1-5-12(15,9-11)8-10-3-6-14-7-4-10/h3-4,6-7,11,15H,1-2,5,8-9,13H2. The van der Waals surface area contributed by atoms with Crippen LogP contribution in [-0.2, 0) is 6.42 Å². The Kier molecular flexibility index (Phi) is 3.03. The maximum atomic E-state index is 10.4. The quantitative estimate of drug-likeness (QED) is 0.765. The Bertz CT molecular complexity index is 315. The van der Waals surface area contributed by atoms with Crippen molar-refractivity contribution in [1.29, 1.82) is 0 Å². The molecule has 82 valence electrons. The van der Waals surface area contributed by atoms with E-state index in [1.165, 1.54) is 0 Å². The summed E-state index contributed by atoms with van der Waals surface area (Å²) < 4.78 is 0. The van der Waals surface area contributed by atoms with Crippen LogP contribution < -0.4 is 5.73 Å². The van der Waals surface area contributed by atoms with Crippen LogP contribution in [0.1, 0.15) is 31.2 Å². The van der Waals surface area contributed by atoms with E-state index >= 15 is 0 Å². The predicted molar refractivity (Wildman–Crippen MR) is 59.3 cm³/mol. The molecule has 3 nitrogen and oxygen atoms in total. The second-order valence-corrected chi connectivity index (χ2v) is 4.61. The van der Waals surface area contributed by atoms with Gasteiger partial charge in [0.25, 0.3) is 0 Å². The molecule has 2 rings (SSSR count). The molecule has 1 saturated carbocycles. The summed E-state index contributed by atoms with van der Waals surface area (Å²) in [5.74, 6) is 0. The molecule has 0 spiro atoms. The fraction of sp³-hybridized carbons (Fsp3) is 0.583. The van der Waals surface area contributed by atoms with Gasteiger partial charge in [-0.05, 0) is 43.4 Å². The van der Waals surface area contributed by atoms with Crippen LogP contribution in [0.15, 0.2) is 24.5 Å². The molecule has 0 radical (unpaired) electrons. The van der Waals surface area contributed by atoms with E-state index in [-0.39, 0.29) is 6.04 Å². The van der Waals surface area contributed by atoms with Crippen LogP contribution >= 0.6 is 0 Å². The molecule has 3 heteroatoms. The number of rotatable bonds is 2. The normalized spacial score (nSPS) is 31.5. The zero-order valence-electron chi connectivity index (χ0n) is 8.89. The lowest BCUT2D eigenvalue weighted by molar-refractivity contribution is -0.00191. The molecule has 3 N–H and O–H groups in total. The minimum Gasteiger partial charge on any atom is -0.389 e. The van der Waals surface area contributed by atoms with Gasteiger partial charge in [-0.25, -0.2) is 0 Å². The molecule has 1 aromatic rings. The van der Waals surface area contributed by atoms with Crippen LogP contribution in [-0.4, -0.2) is 21.7 Å². The van der Waals surface area contributed by atoms with Crippen LogP contribution in [0.4, 0.5) is 0 Å². The van der Waals surface area contributed by atoms with Gasteiger partial charge in [-0.3, -0.25) is 4.98 Å². The minimum absolute atomic E-state index is 0.158. The Hall–Kier alpha value is -0.930. The zero-order chi connectivity index (χ0) is 10.7. The Morgan fingerprint density at radius 1 is 1.47 bits per heavy atom. The average Bonchev–Trinajstić information content (AvgIpc) is 2.18. The molecule has 2 unspecified atom stereocenters. The predicted octanol–water partition coefficient (Wildman–Crippen LogP) is 1.26. The minimum atomic E-state index is -0.598. The average molecular weight is 206 g/mol. The first-order valence-electron chi connectivity index (χ1n) is 5.55. The fourth-order valence-electron chi connectivity index (χ4n) is 2.43. The van der Waals surface area contributed by atoms with Crippen molar-refractivity contribution in [2.45, 2.75) is 43.7 Å². The first kappa shape index (κ1) is 10.6. The van der Waals surface area contributed by atoms with Crippen LogP contribution in [0.3, 0.4) is 0 Å². The lowest BCUT2D eigenvalue weighted by Gasteiger charge is -2.35. The lowest BCUT2D eigenvalue weighted by Crippen LogP contribution is -2.42. The summed E-state index contributed by atoms with van der Waals surface area (Å²) >= 11 is 0. The van der Waals surface area contributed by atoms with Crippen molar-refractivity contribution in [1.82, 2.24) is 4.98 Å². The summed E-state index contributed by atoms with van der Waals surface area (Å²) in [5.41, 5.74) is 6.43. The Labute approximate surface area is 90.3 Å². The largest absolute Gasteiger partial charge is 0.389 e. The highest BCUT2D eigenvalue weighted by atomic mass is 16.3. The van der Waals surface area contributed by atoms with Crippen LogP contribution in [0.5, 0.6) is 0 Å². The van der Waals surface area contributed by atoms with Gasteiger partial charge in [0.2, 0.25) is 0 Å². The molecule has 1 fully saturated rings. The first-order valence-corrected chi connectivity index (χ1v) is 5.55. The maximum absolute atomic E-state index is 10.4. The van der Waals surface area contributed by atoms with Crippen molar-refractivity contribution < 1.29 is 5.11 Å². The summed E-state index contributed by atoms with van der Waals surface area (Å²) in [6, 6.07) is 4.07. The van der Waals surface area contributed by atoms with Gasteiger partial charge in [0, 0.05) is 24.9 Å². The number of hydrogen-bond acceptors (Lipinski definition) is 3. The zero-order valence-corrected chi connectivity index (χ0v) is 8.89. The Morgan fingerprint density at radius 2 is 2.20 bits per heavy atom. The molecule has 2 atom stereocenters. The van der Waals surface area contributed by atoms with E-state index in [4.69, 9.17) is 5.73 Å².